The molecule has 0 heterocycles. The lowest BCUT2D eigenvalue weighted by atomic mass is 9.70. The summed E-state index contributed by atoms with van der Waals surface area (Å²) in [6, 6.07) is 9.85. The quantitative estimate of drug-likeness (QED) is 0.778. The number of benzene rings is 1. The highest BCUT2D eigenvalue weighted by molar-refractivity contribution is 5.72. The van der Waals surface area contributed by atoms with Gasteiger partial charge < -0.3 is 4.74 Å². The van der Waals surface area contributed by atoms with Gasteiger partial charge in [0.15, 0.2) is 0 Å². The summed E-state index contributed by atoms with van der Waals surface area (Å²) in [5, 5.41) is 0. The molecule has 0 radical (unpaired) electrons. The fourth-order valence-corrected chi connectivity index (χ4v) is 4.27. The van der Waals surface area contributed by atoms with Crippen LogP contribution < -0.4 is 0 Å². The molecule has 0 aromatic heterocycles. The molecule has 0 saturated heterocycles. The average Bonchev–Trinajstić information content (AvgIpc) is 2.73. The van der Waals surface area contributed by atoms with Crippen LogP contribution in [0.25, 0.3) is 0 Å². The van der Waals surface area contributed by atoms with Crippen LogP contribution in [-0.2, 0) is 16.0 Å². The number of esters is 1. The van der Waals surface area contributed by atoms with Crippen LogP contribution in [0.3, 0.4) is 0 Å². The van der Waals surface area contributed by atoms with Crippen LogP contribution in [0.2, 0.25) is 0 Å². The molecule has 1 aromatic carbocycles. The Morgan fingerprint density at radius 2 is 1.95 bits per heavy atom. The zero-order valence-electron chi connectivity index (χ0n) is 12.7. The van der Waals surface area contributed by atoms with Gasteiger partial charge >= 0.3 is 5.97 Å². The average molecular weight is 272 g/mol. The van der Waals surface area contributed by atoms with Gasteiger partial charge in [0.1, 0.15) is 6.10 Å². The largest absolute Gasteiger partial charge is 0.462 e. The molecule has 3 rings (SSSR count). The first-order chi connectivity index (χ1) is 9.43. The number of ether oxygens (including phenoxy) is 1. The molecule has 0 spiro atoms. The predicted molar refractivity (Wildman–Crippen MR) is 79.3 cm³/mol. The minimum Gasteiger partial charge on any atom is -0.462 e. The van der Waals surface area contributed by atoms with Gasteiger partial charge in [-0.05, 0) is 36.2 Å². The van der Waals surface area contributed by atoms with E-state index in [1.54, 1.807) is 0 Å². The number of carbonyl (C=O) groups is 1. The smallest absolute Gasteiger partial charge is 0.310 e. The maximum absolute atomic E-state index is 12.2. The van der Waals surface area contributed by atoms with E-state index in [2.05, 4.69) is 20.8 Å². The van der Waals surface area contributed by atoms with Crippen molar-refractivity contribution in [3.05, 3.63) is 35.9 Å². The molecule has 1 aromatic rings. The zero-order chi connectivity index (χ0) is 14.4. The third-order valence-corrected chi connectivity index (χ3v) is 6.18. The molecular formula is C18H24O2. The first-order valence-electron chi connectivity index (χ1n) is 7.67. The van der Waals surface area contributed by atoms with Crippen molar-refractivity contribution >= 4 is 5.97 Å². The van der Waals surface area contributed by atoms with Gasteiger partial charge in [-0.3, -0.25) is 4.79 Å². The fraction of sp³-hybridized carbons (Fsp3) is 0.611. The summed E-state index contributed by atoms with van der Waals surface area (Å²) in [4.78, 5) is 12.2. The monoisotopic (exact) mass is 272 g/mol. The Morgan fingerprint density at radius 3 is 2.50 bits per heavy atom. The van der Waals surface area contributed by atoms with E-state index in [4.69, 9.17) is 4.74 Å². The van der Waals surface area contributed by atoms with Gasteiger partial charge in [-0.2, -0.15) is 0 Å². The maximum Gasteiger partial charge on any atom is 0.310 e. The van der Waals surface area contributed by atoms with Crippen LogP contribution in [0.5, 0.6) is 0 Å². The van der Waals surface area contributed by atoms with E-state index in [9.17, 15) is 4.79 Å². The van der Waals surface area contributed by atoms with Crippen LogP contribution in [-0.4, -0.2) is 12.1 Å². The number of carbonyl (C=O) groups excluding carboxylic acids is 1. The van der Waals surface area contributed by atoms with E-state index in [1.165, 1.54) is 12.8 Å². The van der Waals surface area contributed by atoms with Crippen molar-refractivity contribution in [2.45, 2.75) is 52.6 Å². The highest BCUT2D eigenvalue weighted by Crippen LogP contribution is 2.66. The fourth-order valence-electron chi connectivity index (χ4n) is 4.27. The molecule has 2 saturated carbocycles. The lowest BCUT2D eigenvalue weighted by Gasteiger charge is -2.38. The van der Waals surface area contributed by atoms with E-state index < -0.39 is 0 Å². The first-order valence-corrected chi connectivity index (χ1v) is 7.67. The lowest BCUT2D eigenvalue weighted by Crippen LogP contribution is -2.38. The second-order valence-corrected chi connectivity index (χ2v) is 7.25. The van der Waals surface area contributed by atoms with Crippen molar-refractivity contribution < 1.29 is 9.53 Å². The van der Waals surface area contributed by atoms with Crippen molar-refractivity contribution in [2.75, 3.05) is 0 Å². The summed E-state index contributed by atoms with van der Waals surface area (Å²) < 4.78 is 5.85. The van der Waals surface area contributed by atoms with Gasteiger partial charge in [0.2, 0.25) is 0 Å². The van der Waals surface area contributed by atoms with E-state index in [0.717, 1.165) is 12.0 Å². The second kappa shape index (κ2) is 4.61. The third kappa shape index (κ3) is 1.97. The Labute approximate surface area is 121 Å². The van der Waals surface area contributed by atoms with Gasteiger partial charge in [-0.25, -0.2) is 0 Å². The summed E-state index contributed by atoms with van der Waals surface area (Å²) in [5.41, 5.74) is 1.49. The minimum atomic E-state index is -0.0780. The van der Waals surface area contributed by atoms with Crippen LogP contribution in [0.15, 0.2) is 30.3 Å². The van der Waals surface area contributed by atoms with E-state index in [-0.39, 0.29) is 17.5 Å². The number of rotatable bonds is 3. The summed E-state index contributed by atoms with van der Waals surface area (Å²) in [7, 11) is 0. The Hall–Kier alpha value is -1.31. The predicted octanol–water partition coefficient (Wildman–Crippen LogP) is 3.99. The van der Waals surface area contributed by atoms with Crippen LogP contribution in [0.4, 0.5) is 0 Å². The SMILES string of the molecule is CC1(C)[C@@H]2CC[C@]1(C)[C@@H](OC(=O)Cc1ccccc1)C2. The molecule has 2 aliphatic rings. The number of fused-ring (bicyclic) bond motifs is 2. The van der Waals surface area contributed by atoms with Gasteiger partial charge in [-0.1, -0.05) is 51.1 Å². The maximum atomic E-state index is 12.2. The van der Waals surface area contributed by atoms with Gasteiger partial charge in [0.05, 0.1) is 6.42 Å². The number of hydrogen-bond donors (Lipinski definition) is 0. The molecule has 2 fully saturated rings. The van der Waals surface area contributed by atoms with Crippen molar-refractivity contribution in [1.82, 2.24) is 0 Å². The summed E-state index contributed by atoms with van der Waals surface area (Å²) >= 11 is 0. The van der Waals surface area contributed by atoms with E-state index in [1.807, 2.05) is 30.3 Å². The van der Waals surface area contributed by atoms with Gasteiger partial charge in [-0.15, -0.1) is 0 Å². The minimum absolute atomic E-state index is 0.0780. The summed E-state index contributed by atoms with van der Waals surface area (Å²) in [6.07, 6.45) is 4.01. The molecule has 2 aliphatic carbocycles. The van der Waals surface area contributed by atoms with Crippen LogP contribution in [0.1, 0.15) is 45.6 Å². The van der Waals surface area contributed by atoms with Crippen LogP contribution in [0, 0.1) is 16.7 Å². The lowest BCUT2D eigenvalue weighted by molar-refractivity contribution is -0.156. The van der Waals surface area contributed by atoms with Crippen LogP contribution >= 0.6 is 0 Å². The molecule has 0 N–H and O–H groups in total. The van der Waals surface area contributed by atoms with Gasteiger partial charge in [0, 0.05) is 5.41 Å². The molecule has 0 amide bonds. The summed E-state index contributed by atoms with van der Waals surface area (Å²) in [5.74, 6) is 0.632. The number of hydrogen-bond acceptors (Lipinski definition) is 2. The molecule has 3 atom stereocenters. The topological polar surface area (TPSA) is 26.3 Å². The van der Waals surface area contributed by atoms with E-state index >= 15 is 0 Å². The Bertz CT molecular complexity index is 505. The molecule has 0 unspecified atom stereocenters. The standard InChI is InChI=1S/C18H24O2/c1-17(2)14-9-10-18(17,3)15(12-14)20-16(19)11-13-7-5-4-6-8-13/h4-8,14-15H,9-12H2,1-3H3/t14-,15+,18-/m1/s1. The van der Waals surface area contributed by atoms with Crippen molar-refractivity contribution in [3.63, 3.8) is 0 Å². The molecule has 108 valence electrons. The Kier molecular flexibility index (Phi) is 3.15. The van der Waals surface area contributed by atoms with Crippen molar-refractivity contribution in [1.29, 1.82) is 0 Å². The van der Waals surface area contributed by atoms with Crippen molar-refractivity contribution in [2.24, 2.45) is 16.7 Å². The van der Waals surface area contributed by atoms with Gasteiger partial charge in [0.25, 0.3) is 0 Å². The zero-order valence-corrected chi connectivity index (χ0v) is 12.7. The first kappa shape index (κ1) is 13.7. The second-order valence-electron chi connectivity index (χ2n) is 7.25. The molecular weight excluding hydrogens is 248 g/mol. The molecule has 2 heteroatoms. The normalized spacial score (nSPS) is 34.1. The summed E-state index contributed by atoms with van der Waals surface area (Å²) in [6.45, 7) is 6.99. The molecule has 20 heavy (non-hydrogen) atoms. The Balaban J connectivity index is 1.66. The highest BCUT2D eigenvalue weighted by atomic mass is 16.5. The Morgan fingerprint density at radius 1 is 1.25 bits per heavy atom. The van der Waals surface area contributed by atoms with Crippen molar-refractivity contribution in [3.8, 4) is 0 Å². The third-order valence-electron chi connectivity index (χ3n) is 6.18. The molecule has 0 aliphatic heterocycles. The molecule has 2 bridgehead atoms. The van der Waals surface area contributed by atoms with E-state index in [0.29, 0.717) is 17.8 Å². The highest BCUT2D eigenvalue weighted by Gasteiger charge is 2.62. The molecule has 2 nitrogen and oxygen atoms in total.